The average molecular weight is 324 g/mol. The van der Waals surface area contributed by atoms with E-state index in [-0.39, 0.29) is 17.5 Å². The number of ether oxygens (including phenoxy) is 1. The standard InChI is InChI=1S/C15H17NO5S/c1-20-12-2-3-13-10(6-15(17)21-14(13)7-12)8-16-11-4-5-22(18,19)9-11/h2-3,6-7,11,16H,4-5,8-9H2,1H3/p+1/t11-/m1/s1. The number of hydrogen-bond donors (Lipinski definition) is 1. The fraction of sp³-hybridized carbons (Fsp3) is 0.400. The maximum atomic E-state index is 11.7. The van der Waals surface area contributed by atoms with Crippen molar-refractivity contribution in [2.45, 2.75) is 19.0 Å². The van der Waals surface area contributed by atoms with Crippen molar-refractivity contribution < 1.29 is 22.9 Å². The first-order chi connectivity index (χ1) is 10.5. The monoisotopic (exact) mass is 324 g/mol. The maximum absolute atomic E-state index is 11.7. The third-order valence-electron chi connectivity index (χ3n) is 3.98. The van der Waals surface area contributed by atoms with E-state index < -0.39 is 15.5 Å². The number of hydrogen-bond acceptors (Lipinski definition) is 5. The van der Waals surface area contributed by atoms with Gasteiger partial charge in [-0.05, 0) is 12.1 Å². The first kappa shape index (κ1) is 15.1. The minimum atomic E-state index is -2.89. The molecule has 0 aliphatic carbocycles. The van der Waals surface area contributed by atoms with Crippen LogP contribution < -0.4 is 15.7 Å². The Morgan fingerprint density at radius 2 is 2.18 bits per heavy atom. The summed E-state index contributed by atoms with van der Waals surface area (Å²) in [4.78, 5) is 11.7. The van der Waals surface area contributed by atoms with E-state index in [2.05, 4.69) is 0 Å². The number of benzene rings is 1. The third-order valence-corrected chi connectivity index (χ3v) is 5.77. The molecule has 0 saturated carbocycles. The van der Waals surface area contributed by atoms with Gasteiger partial charge in [-0.1, -0.05) is 0 Å². The molecule has 0 unspecified atom stereocenters. The molecule has 1 saturated heterocycles. The lowest BCUT2D eigenvalue weighted by Gasteiger charge is -2.09. The second-order valence-electron chi connectivity index (χ2n) is 5.56. The summed E-state index contributed by atoms with van der Waals surface area (Å²) in [7, 11) is -1.33. The van der Waals surface area contributed by atoms with Crippen LogP contribution in [-0.2, 0) is 16.4 Å². The lowest BCUT2D eigenvalue weighted by atomic mass is 10.1. The summed E-state index contributed by atoms with van der Waals surface area (Å²) >= 11 is 0. The van der Waals surface area contributed by atoms with Gasteiger partial charge < -0.3 is 14.5 Å². The third kappa shape index (κ3) is 3.15. The molecule has 2 N–H and O–H groups in total. The van der Waals surface area contributed by atoms with Gasteiger partial charge in [0.25, 0.3) is 0 Å². The van der Waals surface area contributed by atoms with Gasteiger partial charge in [0.15, 0.2) is 9.84 Å². The van der Waals surface area contributed by atoms with E-state index in [9.17, 15) is 13.2 Å². The largest absolute Gasteiger partial charge is 0.497 e. The van der Waals surface area contributed by atoms with Crippen LogP contribution in [-0.4, -0.2) is 33.1 Å². The lowest BCUT2D eigenvalue weighted by Crippen LogP contribution is -2.89. The van der Waals surface area contributed by atoms with Crippen molar-refractivity contribution in [3.05, 3.63) is 40.2 Å². The second kappa shape index (κ2) is 5.73. The number of methoxy groups -OCH3 is 1. The summed E-state index contributed by atoms with van der Waals surface area (Å²) in [5.74, 6) is 1.09. The Labute approximate surface area is 128 Å². The molecule has 0 amide bonds. The number of quaternary nitrogens is 1. The van der Waals surface area contributed by atoms with Crippen molar-refractivity contribution in [1.29, 1.82) is 0 Å². The Hall–Kier alpha value is -1.86. The van der Waals surface area contributed by atoms with Gasteiger partial charge in [-0.25, -0.2) is 13.2 Å². The van der Waals surface area contributed by atoms with Crippen molar-refractivity contribution >= 4 is 20.8 Å². The van der Waals surface area contributed by atoms with E-state index in [1.807, 2.05) is 17.4 Å². The Bertz CT molecular complexity index is 856. The molecule has 6 nitrogen and oxygen atoms in total. The van der Waals surface area contributed by atoms with Crippen LogP contribution in [0, 0.1) is 0 Å². The van der Waals surface area contributed by atoms with Crippen LogP contribution in [0.15, 0.2) is 33.5 Å². The molecule has 2 heterocycles. The predicted octanol–water partition coefficient (Wildman–Crippen LogP) is 0.0521. The number of nitrogens with two attached hydrogens (primary N) is 1. The van der Waals surface area contributed by atoms with Gasteiger partial charge in [-0.2, -0.15) is 0 Å². The number of sulfone groups is 1. The van der Waals surface area contributed by atoms with Gasteiger partial charge in [-0.3, -0.25) is 0 Å². The Balaban J connectivity index is 1.86. The molecule has 3 rings (SSSR count). The molecule has 0 bridgehead atoms. The Morgan fingerprint density at radius 3 is 2.86 bits per heavy atom. The van der Waals surface area contributed by atoms with E-state index in [1.165, 1.54) is 6.07 Å². The average Bonchev–Trinajstić information content (AvgIpc) is 2.83. The fourth-order valence-corrected chi connectivity index (χ4v) is 4.59. The summed E-state index contributed by atoms with van der Waals surface area (Å²) in [5.41, 5.74) is 0.913. The van der Waals surface area contributed by atoms with Crippen molar-refractivity contribution in [2.75, 3.05) is 18.6 Å². The van der Waals surface area contributed by atoms with E-state index in [4.69, 9.17) is 9.15 Å². The second-order valence-corrected chi connectivity index (χ2v) is 7.78. The van der Waals surface area contributed by atoms with Crippen molar-refractivity contribution in [1.82, 2.24) is 0 Å². The highest BCUT2D eigenvalue weighted by atomic mass is 32.2. The van der Waals surface area contributed by atoms with Gasteiger partial charge in [0.1, 0.15) is 29.7 Å². The lowest BCUT2D eigenvalue weighted by molar-refractivity contribution is -0.699. The van der Waals surface area contributed by atoms with Gasteiger partial charge >= 0.3 is 5.63 Å². The van der Waals surface area contributed by atoms with Crippen LogP contribution in [0.3, 0.4) is 0 Å². The molecule has 1 aliphatic rings. The van der Waals surface area contributed by atoms with E-state index in [1.54, 1.807) is 13.2 Å². The molecule has 7 heteroatoms. The first-order valence-corrected chi connectivity index (χ1v) is 8.93. The van der Waals surface area contributed by atoms with E-state index in [0.717, 1.165) is 10.9 Å². The van der Waals surface area contributed by atoms with Crippen LogP contribution >= 0.6 is 0 Å². The zero-order valence-corrected chi connectivity index (χ0v) is 13.1. The molecule has 118 valence electrons. The number of fused-ring (bicyclic) bond motifs is 1. The molecule has 1 aromatic carbocycles. The molecule has 1 aliphatic heterocycles. The molecule has 1 atom stereocenters. The minimum absolute atomic E-state index is 0.0607. The normalized spacial score (nSPS) is 20.3. The predicted molar refractivity (Wildman–Crippen MR) is 81.7 cm³/mol. The summed E-state index contributed by atoms with van der Waals surface area (Å²) in [6.45, 7) is 0.550. The molecule has 22 heavy (non-hydrogen) atoms. The van der Waals surface area contributed by atoms with Crippen LogP contribution in [0.5, 0.6) is 5.75 Å². The zero-order chi connectivity index (χ0) is 15.7. The molecule has 0 spiro atoms. The highest BCUT2D eigenvalue weighted by molar-refractivity contribution is 7.91. The van der Waals surface area contributed by atoms with Crippen LogP contribution in [0.1, 0.15) is 12.0 Å². The van der Waals surface area contributed by atoms with Gasteiger partial charge in [0.05, 0.1) is 12.9 Å². The molecule has 2 aromatic rings. The maximum Gasteiger partial charge on any atom is 0.336 e. The highest BCUT2D eigenvalue weighted by Crippen LogP contribution is 2.22. The van der Waals surface area contributed by atoms with Crippen molar-refractivity contribution in [3.8, 4) is 5.75 Å². The minimum Gasteiger partial charge on any atom is -0.497 e. The molecule has 1 fully saturated rings. The van der Waals surface area contributed by atoms with Crippen LogP contribution in [0.2, 0.25) is 0 Å². The van der Waals surface area contributed by atoms with E-state index in [0.29, 0.717) is 24.3 Å². The smallest absolute Gasteiger partial charge is 0.336 e. The van der Waals surface area contributed by atoms with Crippen LogP contribution in [0.25, 0.3) is 11.0 Å². The summed E-state index contributed by atoms with van der Waals surface area (Å²) < 4.78 is 33.3. The summed E-state index contributed by atoms with van der Waals surface area (Å²) in [6.07, 6.45) is 0.662. The van der Waals surface area contributed by atoms with Crippen molar-refractivity contribution in [2.24, 2.45) is 0 Å². The van der Waals surface area contributed by atoms with Crippen molar-refractivity contribution in [3.63, 3.8) is 0 Å². The van der Waals surface area contributed by atoms with Gasteiger partial charge in [0.2, 0.25) is 0 Å². The van der Waals surface area contributed by atoms with Gasteiger partial charge in [0, 0.05) is 29.5 Å². The zero-order valence-electron chi connectivity index (χ0n) is 12.2. The van der Waals surface area contributed by atoms with E-state index >= 15 is 0 Å². The van der Waals surface area contributed by atoms with Crippen LogP contribution in [0.4, 0.5) is 0 Å². The SMILES string of the molecule is COc1ccc2c(C[NH2+][C@@H]3CCS(=O)(=O)C3)cc(=O)oc2c1. The summed E-state index contributed by atoms with van der Waals surface area (Å²) in [5, 5.41) is 2.83. The summed E-state index contributed by atoms with van der Waals surface area (Å²) in [6, 6.07) is 6.87. The molecule has 0 radical (unpaired) electrons. The number of rotatable bonds is 4. The Kier molecular flexibility index (Phi) is 3.92. The molecule has 1 aromatic heterocycles. The quantitative estimate of drug-likeness (QED) is 0.803. The topological polar surface area (TPSA) is 90.2 Å². The Morgan fingerprint density at radius 1 is 1.36 bits per heavy atom. The highest BCUT2D eigenvalue weighted by Gasteiger charge is 2.30. The first-order valence-electron chi connectivity index (χ1n) is 7.11. The molecular formula is C15H18NO5S+. The van der Waals surface area contributed by atoms with Gasteiger partial charge in [-0.15, -0.1) is 0 Å². The molecular weight excluding hydrogens is 306 g/mol. The fourth-order valence-electron chi connectivity index (χ4n) is 2.81.